The molecule has 0 bridgehead atoms. The number of rotatable bonds is 2. The quantitative estimate of drug-likeness (QED) is 0.588. The Balaban J connectivity index is 2.08. The number of hydrogen-bond donors (Lipinski definition) is 1. The van der Waals surface area contributed by atoms with E-state index < -0.39 is 0 Å². The van der Waals surface area contributed by atoms with Crippen LogP contribution in [0.3, 0.4) is 0 Å². The number of hydrogen-bond acceptors (Lipinski definition) is 1. The molecule has 2 heteroatoms. The van der Waals surface area contributed by atoms with Crippen LogP contribution in [0, 0.1) is 5.92 Å². The second kappa shape index (κ2) is 3.85. The fourth-order valence-corrected chi connectivity index (χ4v) is 1.34. The summed E-state index contributed by atoms with van der Waals surface area (Å²) in [5.41, 5.74) is 0. The fourth-order valence-electron chi connectivity index (χ4n) is 1.34. The van der Waals surface area contributed by atoms with Gasteiger partial charge in [0, 0.05) is 0 Å². The summed E-state index contributed by atoms with van der Waals surface area (Å²) in [5, 5.41) is 7.48. The molecule has 0 spiro atoms. The molecule has 0 unspecified atom stereocenters. The van der Waals surface area contributed by atoms with Crippen LogP contribution in [0.4, 0.5) is 0 Å². The first kappa shape index (κ1) is 7.03. The summed E-state index contributed by atoms with van der Waals surface area (Å²) in [6.07, 6.45) is 2.70. The van der Waals surface area contributed by atoms with Gasteiger partial charge in [-0.25, -0.2) is 0 Å². The fraction of sp³-hybridized carbons (Fsp3) is 1.00. The predicted molar refractivity (Wildman–Crippen MR) is 39.7 cm³/mol. The van der Waals surface area contributed by atoms with Crippen molar-refractivity contribution in [3.05, 3.63) is 5.32 Å². The first-order valence-corrected chi connectivity index (χ1v) is 3.70. The van der Waals surface area contributed by atoms with Crippen LogP contribution in [-0.2, 0) is 0 Å². The minimum atomic E-state index is 0.823. The Labute approximate surface area is 57.0 Å². The van der Waals surface area contributed by atoms with Gasteiger partial charge >= 0.3 is 0 Å². The van der Waals surface area contributed by atoms with Crippen LogP contribution in [0.25, 0.3) is 5.32 Å². The molecule has 1 heterocycles. The molecule has 2 nitrogen and oxygen atoms in total. The molecule has 0 radical (unpaired) electrons. The molecule has 1 rings (SSSR count). The molecule has 0 amide bonds. The number of nitrogens with zero attached hydrogens (tertiary/aromatic N) is 1. The SMILES string of the molecule is C[N-]C[C@@H]1CCCNC1. The second-order valence-electron chi connectivity index (χ2n) is 2.71. The van der Waals surface area contributed by atoms with Gasteiger partial charge in [0.2, 0.25) is 0 Å². The van der Waals surface area contributed by atoms with Crippen molar-refractivity contribution in [2.75, 3.05) is 26.7 Å². The number of nitrogens with one attached hydrogen (secondary N) is 1. The highest BCUT2D eigenvalue weighted by Gasteiger charge is 2.07. The Morgan fingerprint density at radius 1 is 1.67 bits per heavy atom. The Hall–Kier alpha value is -0.0800. The van der Waals surface area contributed by atoms with Gasteiger partial charge in [-0.2, -0.15) is 7.05 Å². The molecule has 1 saturated heterocycles. The molecule has 0 aromatic carbocycles. The molecule has 1 N–H and O–H groups in total. The van der Waals surface area contributed by atoms with Gasteiger partial charge in [0.15, 0.2) is 0 Å². The lowest BCUT2D eigenvalue weighted by Crippen LogP contribution is -2.31. The normalized spacial score (nSPS) is 28.3. The van der Waals surface area contributed by atoms with Crippen molar-refractivity contribution in [1.82, 2.24) is 5.32 Å². The highest BCUT2D eigenvalue weighted by Crippen LogP contribution is 2.10. The molecule has 1 aliphatic rings. The molecule has 1 aliphatic heterocycles. The van der Waals surface area contributed by atoms with Crippen LogP contribution in [0.5, 0.6) is 0 Å². The minimum Gasteiger partial charge on any atom is -0.665 e. The lowest BCUT2D eigenvalue weighted by molar-refractivity contribution is 0.396. The molecular formula is C7H15N2-. The first-order valence-electron chi connectivity index (χ1n) is 3.70. The first-order chi connectivity index (χ1) is 4.43. The maximum absolute atomic E-state index is 4.12. The van der Waals surface area contributed by atoms with Crippen molar-refractivity contribution in [1.29, 1.82) is 0 Å². The van der Waals surface area contributed by atoms with E-state index in [2.05, 4.69) is 10.6 Å². The molecule has 1 fully saturated rings. The van der Waals surface area contributed by atoms with Crippen LogP contribution in [0.2, 0.25) is 0 Å². The Morgan fingerprint density at radius 3 is 3.11 bits per heavy atom. The zero-order valence-electron chi connectivity index (χ0n) is 6.06. The van der Waals surface area contributed by atoms with E-state index in [-0.39, 0.29) is 0 Å². The van der Waals surface area contributed by atoms with Gasteiger partial charge in [0.05, 0.1) is 0 Å². The van der Waals surface area contributed by atoms with E-state index in [1.807, 2.05) is 7.05 Å². The zero-order valence-corrected chi connectivity index (χ0v) is 6.06. The lowest BCUT2D eigenvalue weighted by Gasteiger charge is -2.27. The maximum atomic E-state index is 4.12. The van der Waals surface area contributed by atoms with Crippen molar-refractivity contribution in [3.8, 4) is 0 Å². The van der Waals surface area contributed by atoms with Crippen LogP contribution in [0.1, 0.15) is 12.8 Å². The summed E-state index contributed by atoms with van der Waals surface area (Å²) in [4.78, 5) is 0. The molecular weight excluding hydrogens is 112 g/mol. The van der Waals surface area contributed by atoms with Crippen LogP contribution in [0.15, 0.2) is 0 Å². The molecule has 0 aliphatic carbocycles. The van der Waals surface area contributed by atoms with Gasteiger partial charge in [-0.3, -0.25) is 0 Å². The van der Waals surface area contributed by atoms with E-state index in [9.17, 15) is 0 Å². The van der Waals surface area contributed by atoms with Gasteiger partial charge in [0.1, 0.15) is 0 Å². The Kier molecular flexibility index (Phi) is 3.01. The van der Waals surface area contributed by atoms with Gasteiger partial charge in [-0.15, -0.1) is 6.54 Å². The summed E-state index contributed by atoms with van der Waals surface area (Å²) < 4.78 is 0. The standard InChI is InChI=1S/C7H15N2/c1-8-5-7-3-2-4-9-6-7/h7,9H,2-6H2,1H3/q-1/t7-/m0/s1. The Bertz CT molecular complexity index is 64.6. The van der Waals surface area contributed by atoms with E-state index in [0.29, 0.717) is 0 Å². The van der Waals surface area contributed by atoms with Crippen molar-refractivity contribution >= 4 is 0 Å². The summed E-state index contributed by atoms with van der Waals surface area (Å²) in [7, 11) is 1.90. The minimum absolute atomic E-state index is 0.823. The van der Waals surface area contributed by atoms with Crippen LogP contribution < -0.4 is 5.32 Å². The third kappa shape index (κ3) is 2.33. The summed E-state index contributed by atoms with van der Waals surface area (Å²) in [6, 6.07) is 0. The third-order valence-corrected chi connectivity index (χ3v) is 1.84. The third-order valence-electron chi connectivity index (χ3n) is 1.84. The predicted octanol–water partition coefficient (Wildman–Crippen LogP) is 0.990. The molecule has 0 aromatic rings. The smallest absolute Gasteiger partial charge is 0.00370 e. The van der Waals surface area contributed by atoms with Crippen LogP contribution >= 0.6 is 0 Å². The summed E-state index contributed by atoms with van der Waals surface area (Å²) in [6.45, 7) is 3.44. The monoisotopic (exact) mass is 127 g/mol. The zero-order chi connectivity index (χ0) is 6.53. The van der Waals surface area contributed by atoms with Crippen molar-refractivity contribution < 1.29 is 0 Å². The molecule has 9 heavy (non-hydrogen) atoms. The number of piperidine rings is 1. The van der Waals surface area contributed by atoms with E-state index in [1.165, 1.54) is 25.9 Å². The van der Waals surface area contributed by atoms with E-state index in [4.69, 9.17) is 0 Å². The second-order valence-corrected chi connectivity index (χ2v) is 2.71. The highest BCUT2D eigenvalue weighted by molar-refractivity contribution is 4.80. The average molecular weight is 127 g/mol. The van der Waals surface area contributed by atoms with Gasteiger partial charge in [-0.05, 0) is 31.8 Å². The van der Waals surface area contributed by atoms with Gasteiger partial charge in [0.25, 0.3) is 0 Å². The van der Waals surface area contributed by atoms with Crippen molar-refractivity contribution in [2.45, 2.75) is 12.8 Å². The average Bonchev–Trinajstić information content (AvgIpc) is 1.91. The van der Waals surface area contributed by atoms with Gasteiger partial charge < -0.3 is 10.6 Å². The van der Waals surface area contributed by atoms with E-state index in [0.717, 1.165) is 12.5 Å². The summed E-state index contributed by atoms with van der Waals surface area (Å²) >= 11 is 0. The van der Waals surface area contributed by atoms with Crippen molar-refractivity contribution in [2.24, 2.45) is 5.92 Å². The molecule has 54 valence electrons. The topological polar surface area (TPSA) is 26.1 Å². The summed E-state index contributed by atoms with van der Waals surface area (Å²) in [5.74, 6) is 0.823. The van der Waals surface area contributed by atoms with Crippen LogP contribution in [-0.4, -0.2) is 26.7 Å². The maximum Gasteiger partial charge on any atom is -0.00370 e. The largest absolute Gasteiger partial charge is 0.665 e. The van der Waals surface area contributed by atoms with E-state index >= 15 is 0 Å². The van der Waals surface area contributed by atoms with Gasteiger partial charge in [-0.1, -0.05) is 0 Å². The van der Waals surface area contributed by atoms with E-state index in [1.54, 1.807) is 0 Å². The lowest BCUT2D eigenvalue weighted by atomic mass is 10.00. The molecule has 0 aromatic heterocycles. The highest BCUT2D eigenvalue weighted by atomic mass is 14.9. The van der Waals surface area contributed by atoms with Crippen molar-refractivity contribution in [3.63, 3.8) is 0 Å². The molecule has 0 saturated carbocycles. The Morgan fingerprint density at radius 2 is 2.56 bits per heavy atom. The molecule has 1 atom stereocenters.